The van der Waals surface area contributed by atoms with Gasteiger partial charge >= 0.3 is 0 Å². The lowest BCUT2D eigenvalue weighted by molar-refractivity contribution is -0.131. The summed E-state index contributed by atoms with van der Waals surface area (Å²) in [5.74, 6) is 1.54. The minimum absolute atomic E-state index is 0.163. The van der Waals surface area contributed by atoms with Crippen LogP contribution in [0.3, 0.4) is 0 Å². The number of aromatic amines is 1. The first-order valence-corrected chi connectivity index (χ1v) is 10.2. The number of piperidine rings is 1. The molecule has 0 bridgehead atoms. The Bertz CT molecular complexity index is 1010. The van der Waals surface area contributed by atoms with Gasteiger partial charge in [-0.05, 0) is 31.0 Å². The Balaban J connectivity index is 1.29. The number of fused-ring (bicyclic) bond motifs is 2. The fourth-order valence-electron chi connectivity index (χ4n) is 4.37. The fourth-order valence-corrected chi connectivity index (χ4v) is 4.37. The third kappa shape index (κ3) is 3.29. The van der Waals surface area contributed by atoms with Crippen LogP contribution in [0.5, 0.6) is 0 Å². The number of nitrogens with zero attached hydrogens (tertiary/aromatic N) is 3. The molecule has 0 saturated carbocycles. The highest BCUT2D eigenvalue weighted by atomic mass is 16.2. The van der Waals surface area contributed by atoms with Gasteiger partial charge in [0, 0.05) is 60.8 Å². The van der Waals surface area contributed by atoms with Crippen LogP contribution in [0.15, 0.2) is 36.7 Å². The Hall–Kier alpha value is -2.73. The second-order valence-electron chi connectivity index (χ2n) is 7.84. The molecule has 0 spiro atoms. The lowest BCUT2D eigenvalue weighted by atomic mass is 9.98. The van der Waals surface area contributed by atoms with E-state index in [2.05, 4.69) is 21.4 Å². The highest BCUT2D eigenvalue weighted by Crippen LogP contribution is 2.24. The molecule has 1 aromatic carbocycles. The van der Waals surface area contributed by atoms with E-state index in [1.165, 1.54) is 6.42 Å². The minimum Gasteiger partial charge on any atom is -0.361 e. The van der Waals surface area contributed by atoms with Crippen LogP contribution in [0.4, 0.5) is 0 Å². The van der Waals surface area contributed by atoms with Crippen LogP contribution in [0, 0.1) is 0 Å². The summed E-state index contributed by atoms with van der Waals surface area (Å²) in [6, 6.07) is 8.12. The molecule has 0 unspecified atom stereocenters. The van der Waals surface area contributed by atoms with E-state index >= 15 is 0 Å². The van der Waals surface area contributed by atoms with Gasteiger partial charge in [0.05, 0.1) is 12.1 Å². The van der Waals surface area contributed by atoms with Crippen LogP contribution in [0.25, 0.3) is 10.9 Å². The Kier molecular flexibility index (Phi) is 4.56. The van der Waals surface area contributed by atoms with Crippen molar-refractivity contribution in [3.8, 4) is 0 Å². The summed E-state index contributed by atoms with van der Waals surface area (Å²) >= 11 is 0. The first-order chi connectivity index (χ1) is 13.8. The van der Waals surface area contributed by atoms with Crippen molar-refractivity contribution in [3.63, 3.8) is 0 Å². The van der Waals surface area contributed by atoms with Crippen molar-refractivity contribution in [1.82, 2.24) is 25.2 Å². The number of benzene rings is 1. The number of para-hydroxylation sites is 1. The topological polar surface area (TPSA) is 73.9 Å². The summed E-state index contributed by atoms with van der Waals surface area (Å²) in [5, 5.41) is 4.56. The van der Waals surface area contributed by atoms with Gasteiger partial charge in [0.2, 0.25) is 5.91 Å². The molecule has 0 aliphatic carbocycles. The van der Waals surface area contributed by atoms with Crippen molar-refractivity contribution < 1.29 is 4.79 Å². The van der Waals surface area contributed by atoms with Crippen LogP contribution < -0.4 is 5.32 Å². The van der Waals surface area contributed by atoms with E-state index in [-0.39, 0.29) is 5.91 Å². The van der Waals surface area contributed by atoms with Gasteiger partial charge in [-0.3, -0.25) is 4.79 Å². The van der Waals surface area contributed by atoms with Crippen molar-refractivity contribution in [2.24, 2.45) is 0 Å². The van der Waals surface area contributed by atoms with Crippen molar-refractivity contribution in [3.05, 3.63) is 59.3 Å². The molecule has 4 heterocycles. The maximum Gasteiger partial charge on any atom is 0.227 e. The lowest BCUT2D eigenvalue weighted by Crippen LogP contribution is -2.37. The average molecular weight is 375 g/mol. The Labute approximate surface area is 164 Å². The molecule has 5 rings (SSSR count). The lowest BCUT2D eigenvalue weighted by Gasteiger charge is -2.29. The van der Waals surface area contributed by atoms with E-state index in [1.807, 2.05) is 35.5 Å². The molecule has 28 heavy (non-hydrogen) atoms. The zero-order valence-corrected chi connectivity index (χ0v) is 15.9. The van der Waals surface area contributed by atoms with Gasteiger partial charge in [-0.2, -0.15) is 0 Å². The van der Waals surface area contributed by atoms with Crippen LogP contribution in [-0.2, 0) is 24.2 Å². The molecule has 1 atom stereocenters. The number of nitrogens with one attached hydrogen (secondary N) is 2. The smallest absolute Gasteiger partial charge is 0.227 e. The standard InChI is InChI=1S/C22H25N5O/c28-21(10-16-12-24-20-6-2-1-5-18(16)20)27-9-7-19-17(14-27)13-25-22(26-19)15-4-3-8-23-11-15/h1-2,5-6,12-13,15,23-24H,3-4,7-11,14H2/t15-/m0/s1. The molecule has 2 N–H and O–H groups in total. The fraction of sp³-hybridized carbons (Fsp3) is 0.409. The monoisotopic (exact) mass is 375 g/mol. The second kappa shape index (κ2) is 7.36. The van der Waals surface area contributed by atoms with Crippen molar-refractivity contribution in [2.75, 3.05) is 19.6 Å². The van der Waals surface area contributed by atoms with Gasteiger partial charge < -0.3 is 15.2 Å². The summed E-state index contributed by atoms with van der Waals surface area (Å²) in [4.78, 5) is 27.6. The van der Waals surface area contributed by atoms with E-state index in [4.69, 9.17) is 4.98 Å². The van der Waals surface area contributed by atoms with E-state index in [9.17, 15) is 4.79 Å². The number of hydrogen-bond acceptors (Lipinski definition) is 4. The summed E-state index contributed by atoms with van der Waals surface area (Å²) in [6.07, 6.45) is 7.46. The zero-order chi connectivity index (χ0) is 18.9. The number of amides is 1. The highest BCUT2D eigenvalue weighted by Gasteiger charge is 2.25. The SMILES string of the molecule is O=C(Cc1c[nH]c2ccccc12)N1CCc2nc([C@H]3CCCNC3)ncc2C1. The maximum atomic E-state index is 12.9. The minimum atomic E-state index is 0.163. The van der Waals surface area contributed by atoms with Crippen molar-refractivity contribution in [1.29, 1.82) is 0 Å². The number of hydrogen-bond donors (Lipinski definition) is 2. The van der Waals surface area contributed by atoms with E-state index in [0.29, 0.717) is 18.9 Å². The third-order valence-electron chi connectivity index (χ3n) is 5.98. The number of aromatic nitrogens is 3. The number of H-pyrrole nitrogens is 1. The predicted molar refractivity (Wildman–Crippen MR) is 108 cm³/mol. The number of carbonyl (C=O) groups is 1. The molecule has 0 radical (unpaired) electrons. The number of carbonyl (C=O) groups excluding carboxylic acids is 1. The van der Waals surface area contributed by atoms with E-state index < -0.39 is 0 Å². The van der Waals surface area contributed by atoms with Crippen LogP contribution in [0.2, 0.25) is 0 Å². The van der Waals surface area contributed by atoms with Gasteiger partial charge in [0.25, 0.3) is 0 Å². The molecule has 3 aromatic rings. The average Bonchev–Trinajstić information content (AvgIpc) is 3.16. The molecule has 1 amide bonds. The molecule has 2 aliphatic heterocycles. The molecule has 1 saturated heterocycles. The molecular formula is C22H25N5O. The first kappa shape index (κ1) is 17.4. The largest absolute Gasteiger partial charge is 0.361 e. The summed E-state index contributed by atoms with van der Waals surface area (Å²) in [5.41, 5.74) is 4.34. The van der Waals surface area contributed by atoms with Gasteiger partial charge in [-0.25, -0.2) is 9.97 Å². The van der Waals surface area contributed by atoms with Crippen LogP contribution in [-0.4, -0.2) is 45.4 Å². The molecular weight excluding hydrogens is 350 g/mol. The molecule has 1 fully saturated rings. The van der Waals surface area contributed by atoms with Gasteiger partial charge in [-0.1, -0.05) is 18.2 Å². The first-order valence-electron chi connectivity index (χ1n) is 10.2. The zero-order valence-electron chi connectivity index (χ0n) is 15.9. The van der Waals surface area contributed by atoms with Gasteiger partial charge in [0.15, 0.2) is 0 Å². The highest BCUT2D eigenvalue weighted by molar-refractivity contribution is 5.88. The molecule has 2 aliphatic rings. The van der Waals surface area contributed by atoms with Gasteiger partial charge in [0.1, 0.15) is 5.82 Å². The summed E-state index contributed by atoms with van der Waals surface area (Å²) in [7, 11) is 0. The van der Waals surface area contributed by atoms with Crippen molar-refractivity contribution >= 4 is 16.8 Å². The molecule has 6 nitrogen and oxygen atoms in total. The van der Waals surface area contributed by atoms with Crippen LogP contribution >= 0.6 is 0 Å². The number of rotatable bonds is 3. The Morgan fingerprint density at radius 1 is 1.29 bits per heavy atom. The quantitative estimate of drug-likeness (QED) is 0.738. The summed E-state index contributed by atoms with van der Waals surface area (Å²) < 4.78 is 0. The second-order valence-corrected chi connectivity index (χ2v) is 7.84. The third-order valence-corrected chi connectivity index (χ3v) is 5.98. The summed E-state index contributed by atoms with van der Waals surface area (Å²) in [6.45, 7) is 3.40. The normalized spacial score (nSPS) is 19.6. The Morgan fingerprint density at radius 2 is 2.21 bits per heavy atom. The van der Waals surface area contributed by atoms with Crippen LogP contribution in [0.1, 0.15) is 41.4 Å². The predicted octanol–water partition coefficient (Wildman–Crippen LogP) is 2.55. The van der Waals surface area contributed by atoms with E-state index in [1.54, 1.807) is 0 Å². The Morgan fingerprint density at radius 3 is 3.11 bits per heavy atom. The van der Waals surface area contributed by atoms with E-state index in [0.717, 1.165) is 66.0 Å². The van der Waals surface area contributed by atoms with Crippen molar-refractivity contribution in [2.45, 2.75) is 38.1 Å². The molecule has 6 heteroatoms. The van der Waals surface area contributed by atoms with Gasteiger partial charge in [-0.15, -0.1) is 0 Å². The molecule has 2 aromatic heterocycles. The molecule has 144 valence electrons. The maximum absolute atomic E-state index is 12.9.